The molecule has 1 saturated carbocycles. The van der Waals surface area contributed by atoms with Gasteiger partial charge in [-0.25, -0.2) is 30.4 Å². The van der Waals surface area contributed by atoms with Gasteiger partial charge in [0.05, 0.1) is 22.4 Å². The highest BCUT2D eigenvalue weighted by Crippen LogP contribution is 2.41. The maximum Gasteiger partial charge on any atom is 0.409 e. The molecule has 2 unspecified atom stereocenters. The number of hydrogen-bond acceptors (Lipinski definition) is 7. The number of amides is 1. The Kier molecular flexibility index (Phi) is 5.70. The van der Waals surface area contributed by atoms with E-state index in [1.54, 1.807) is 0 Å². The fraction of sp³-hybridized carbons (Fsp3) is 0.316. The third-order valence-corrected chi connectivity index (χ3v) is 9.56. The van der Waals surface area contributed by atoms with E-state index in [1.165, 1.54) is 12.1 Å². The zero-order valence-electron chi connectivity index (χ0n) is 16.8. The summed E-state index contributed by atoms with van der Waals surface area (Å²) in [6.07, 6.45) is -1.82. The molecule has 1 heterocycles. The zero-order valence-corrected chi connectivity index (χ0v) is 18.4. The number of anilines is 2. The van der Waals surface area contributed by atoms with Gasteiger partial charge in [-0.1, -0.05) is 0 Å². The van der Waals surface area contributed by atoms with E-state index in [0.29, 0.717) is 25.0 Å². The smallest absolute Gasteiger partial charge is 0.409 e. The van der Waals surface area contributed by atoms with Crippen LogP contribution in [0.15, 0.2) is 41.3 Å². The average Bonchev–Trinajstić information content (AvgIpc) is 3.60. The quantitative estimate of drug-likeness (QED) is 0.539. The lowest BCUT2D eigenvalue weighted by Crippen LogP contribution is -2.55. The molecule has 0 radical (unpaired) electrons. The second-order valence-electron chi connectivity index (χ2n) is 7.63. The number of fused-ring (bicyclic) bond motifs is 1. The minimum atomic E-state index is -4.56. The minimum absolute atomic E-state index is 0.00341. The van der Waals surface area contributed by atoms with Gasteiger partial charge in [0.15, 0.2) is 21.5 Å². The van der Waals surface area contributed by atoms with Crippen LogP contribution in [-0.2, 0) is 19.9 Å². The van der Waals surface area contributed by atoms with Crippen LogP contribution in [-0.4, -0.2) is 51.3 Å². The number of sulfone groups is 1. The molecule has 4 N–H and O–H groups in total. The number of rotatable bonds is 6. The second kappa shape index (κ2) is 8.11. The molecule has 2 aliphatic rings. The molecule has 14 heteroatoms. The molecule has 1 aliphatic carbocycles. The molecule has 1 fully saturated rings. The third-order valence-electron chi connectivity index (χ3n) is 5.32. The Morgan fingerprint density at radius 1 is 1.12 bits per heavy atom. The van der Waals surface area contributed by atoms with Crippen LogP contribution in [0.3, 0.4) is 0 Å². The summed E-state index contributed by atoms with van der Waals surface area (Å²) in [5.41, 5.74) is 5.85. The highest BCUT2D eigenvalue weighted by Gasteiger charge is 2.47. The first kappa shape index (κ1) is 23.2. The van der Waals surface area contributed by atoms with Gasteiger partial charge < -0.3 is 15.6 Å². The summed E-state index contributed by atoms with van der Waals surface area (Å²) in [5.74, 6) is -2.72. The predicted octanol–water partition coefficient (Wildman–Crippen LogP) is 1.87. The van der Waals surface area contributed by atoms with Crippen LogP contribution in [0, 0.1) is 11.6 Å². The van der Waals surface area contributed by atoms with Crippen molar-refractivity contribution in [2.45, 2.75) is 34.5 Å². The van der Waals surface area contributed by atoms with Gasteiger partial charge in [0.2, 0.25) is 0 Å². The third kappa shape index (κ3) is 4.32. The van der Waals surface area contributed by atoms with E-state index in [0.717, 1.165) is 16.4 Å². The Morgan fingerprint density at radius 3 is 2.42 bits per heavy atom. The zero-order chi connectivity index (χ0) is 24.1. The first-order valence-electron chi connectivity index (χ1n) is 9.68. The minimum Gasteiger partial charge on any atom is -0.484 e. The van der Waals surface area contributed by atoms with E-state index in [-0.39, 0.29) is 17.1 Å². The molecule has 0 spiro atoms. The van der Waals surface area contributed by atoms with Crippen molar-refractivity contribution < 1.29 is 40.3 Å². The highest BCUT2D eigenvalue weighted by molar-refractivity contribution is 7.93. The Balaban J connectivity index is 1.80. The Bertz CT molecular complexity index is 1330. The SMILES string of the molecule is NC(C1CN(S(=O)(=O)c2ccc(F)c(F)c2)c2cc(NC(=O)O)ccc2O1)S(=O)(=O)C1CC1. The second-order valence-corrected chi connectivity index (χ2v) is 11.9. The molecule has 33 heavy (non-hydrogen) atoms. The van der Waals surface area contributed by atoms with E-state index in [9.17, 15) is 30.4 Å². The van der Waals surface area contributed by atoms with Gasteiger partial charge in [-0.15, -0.1) is 0 Å². The van der Waals surface area contributed by atoms with E-state index < -0.39 is 65.8 Å². The Labute approximate surface area is 187 Å². The Hall–Kier alpha value is -2.97. The number of carbonyl (C=O) groups is 1. The fourth-order valence-corrected chi connectivity index (χ4v) is 6.76. The van der Waals surface area contributed by atoms with Crippen LogP contribution in [0.1, 0.15) is 12.8 Å². The fourth-order valence-electron chi connectivity index (χ4n) is 3.47. The molecular weight excluding hydrogens is 484 g/mol. The van der Waals surface area contributed by atoms with Crippen molar-refractivity contribution in [1.82, 2.24) is 0 Å². The lowest BCUT2D eigenvalue weighted by Gasteiger charge is -2.37. The summed E-state index contributed by atoms with van der Waals surface area (Å²) in [4.78, 5) is 10.4. The predicted molar refractivity (Wildman–Crippen MR) is 113 cm³/mol. The number of nitrogens with two attached hydrogens (primary N) is 1. The number of benzene rings is 2. The number of hydrogen-bond donors (Lipinski definition) is 3. The molecular formula is C19H19F2N3O7S2. The van der Waals surface area contributed by atoms with E-state index >= 15 is 0 Å². The van der Waals surface area contributed by atoms with Crippen molar-refractivity contribution in [3.05, 3.63) is 48.0 Å². The summed E-state index contributed by atoms with van der Waals surface area (Å²) < 4.78 is 85.6. The van der Waals surface area contributed by atoms with Crippen molar-refractivity contribution in [3.63, 3.8) is 0 Å². The van der Waals surface area contributed by atoms with Crippen molar-refractivity contribution in [3.8, 4) is 5.75 Å². The first-order chi connectivity index (χ1) is 15.4. The molecule has 1 amide bonds. The normalized spacial score (nSPS) is 19.4. The lowest BCUT2D eigenvalue weighted by atomic mass is 10.2. The summed E-state index contributed by atoms with van der Waals surface area (Å²) in [5, 5.41) is 8.86. The van der Waals surface area contributed by atoms with Crippen LogP contribution < -0.4 is 20.1 Å². The summed E-state index contributed by atoms with van der Waals surface area (Å²) in [7, 11) is -8.36. The maximum absolute atomic E-state index is 13.8. The molecule has 2 aromatic rings. The molecule has 2 atom stereocenters. The highest BCUT2D eigenvalue weighted by atomic mass is 32.2. The van der Waals surface area contributed by atoms with Crippen molar-refractivity contribution in [2.24, 2.45) is 5.73 Å². The molecule has 2 aromatic carbocycles. The summed E-state index contributed by atoms with van der Waals surface area (Å²) in [6.45, 7) is -0.558. The molecule has 10 nitrogen and oxygen atoms in total. The van der Waals surface area contributed by atoms with E-state index in [1.807, 2.05) is 0 Å². The van der Waals surface area contributed by atoms with Gasteiger partial charge in [-0.05, 0) is 49.2 Å². The van der Waals surface area contributed by atoms with Crippen molar-refractivity contribution >= 4 is 37.3 Å². The number of carboxylic acid groups (broad SMARTS) is 1. The largest absolute Gasteiger partial charge is 0.484 e. The first-order valence-corrected chi connectivity index (χ1v) is 12.7. The standard InChI is InChI=1S/C19H19F2N3O7S2/c20-13-5-4-12(8-14(13)21)33(29,30)24-9-17(18(22)32(27,28)11-2-3-11)31-16-6-1-10(7-15(16)24)23-19(25)26/h1,4-8,11,17-18,23H,2-3,9,22H2,(H,25,26). The topological polar surface area (TPSA) is 156 Å². The number of ether oxygens (including phenoxy) is 1. The van der Waals surface area contributed by atoms with Crippen LogP contribution >= 0.6 is 0 Å². The van der Waals surface area contributed by atoms with Crippen LogP contribution in [0.4, 0.5) is 25.0 Å². The lowest BCUT2D eigenvalue weighted by molar-refractivity contribution is 0.194. The van der Waals surface area contributed by atoms with E-state index in [4.69, 9.17) is 15.6 Å². The van der Waals surface area contributed by atoms with Crippen LogP contribution in [0.25, 0.3) is 0 Å². The Morgan fingerprint density at radius 2 is 1.82 bits per heavy atom. The van der Waals surface area contributed by atoms with Crippen molar-refractivity contribution in [2.75, 3.05) is 16.2 Å². The number of sulfonamides is 1. The number of nitrogens with zero attached hydrogens (tertiary/aromatic N) is 1. The molecule has 0 bridgehead atoms. The summed E-state index contributed by atoms with van der Waals surface area (Å²) >= 11 is 0. The van der Waals surface area contributed by atoms with Gasteiger partial charge in [-0.2, -0.15) is 0 Å². The molecule has 178 valence electrons. The van der Waals surface area contributed by atoms with Gasteiger partial charge in [0, 0.05) is 5.69 Å². The van der Waals surface area contributed by atoms with Gasteiger partial charge in [0.25, 0.3) is 10.0 Å². The molecule has 0 aromatic heterocycles. The van der Waals surface area contributed by atoms with Crippen LogP contribution in [0.5, 0.6) is 5.75 Å². The van der Waals surface area contributed by atoms with Gasteiger partial charge >= 0.3 is 6.09 Å². The van der Waals surface area contributed by atoms with E-state index in [2.05, 4.69) is 5.32 Å². The number of halogens is 2. The maximum atomic E-state index is 13.8. The monoisotopic (exact) mass is 503 g/mol. The number of nitrogens with one attached hydrogen (secondary N) is 1. The summed E-state index contributed by atoms with van der Waals surface area (Å²) in [6, 6.07) is 5.72. The molecule has 0 saturated heterocycles. The average molecular weight is 504 g/mol. The molecule has 4 rings (SSSR count). The van der Waals surface area contributed by atoms with Gasteiger partial charge in [-0.3, -0.25) is 9.62 Å². The molecule has 1 aliphatic heterocycles. The van der Waals surface area contributed by atoms with Crippen molar-refractivity contribution in [1.29, 1.82) is 0 Å². The van der Waals surface area contributed by atoms with Gasteiger partial charge in [0.1, 0.15) is 17.2 Å². The van der Waals surface area contributed by atoms with Crippen LogP contribution in [0.2, 0.25) is 0 Å².